The van der Waals surface area contributed by atoms with Crippen molar-refractivity contribution in [1.29, 1.82) is 0 Å². The van der Waals surface area contributed by atoms with E-state index in [1.54, 1.807) is 0 Å². The van der Waals surface area contributed by atoms with E-state index in [1.807, 2.05) is 24.1 Å². The van der Waals surface area contributed by atoms with Gasteiger partial charge in [-0.2, -0.15) is 10.2 Å². The molecule has 0 radical (unpaired) electrons. The third kappa shape index (κ3) is 3.81. The maximum atomic E-state index is 4.31. The number of aryl methyl sites for hydroxylation is 2. The van der Waals surface area contributed by atoms with Crippen LogP contribution in [0.25, 0.3) is 0 Å². The first-order valence-electron chi connectivity index (χ1n) is 6.41. The molecule has 0 aromatic carbocycles. The smallest absolute Gasteiger partial charge is 0.0537 e. The molecule has 6 heteroatoms. The minimum Gasteiger partial charge on any atom is -0.307 e. The molecule has 0 bridgehead atoms. The predicted molar refractivity (Wildman–Crippen MR) is 78.3 cm³/mol. The molecule has 0 amide bonds. The summed E-state index contributed by atoms with van der Waals surface area (Å²) in [6, 6.07) is 2.07. The average molecular weight is 284 g/mol. The van der Waals surface area contributed by atoms with Crippen LogP contribution in [0.5, 0.6) is 0 Å². The van der Waals surface area contributed by atoms with E-state index in [2.05, 4.69) is 40.1 Å². The highest BCUT2D eigenvalue weighted by atomic mass is 35.5. The fraction of sp³-hybridized carbons (Fsp3) is 0.538. The van der Waals surface area contributed by atoms with E-state index in [9.17, 15) is 0 Å². The molecule has 106 valence electrons. The highest BCUT2D eigenvalue weighted by molar-refractivity contribution is 5.85. The van der Waals surface area contributed by atoms with Crippen LogP contribution >= 0.6 is 12.4 Å². The lowest BCUT2D eigenvalue weighted by Gasteiger charge is -2.07. The van der Waals surface area contributed by atoms with Crippen molar-refractivity contribution in [2.24, 2.45) is 7.05 Å². The van der Waals surface area contributed by atoms with Gasteiger partial charge in [-0.15, -0.1) is 12.4 Å². The van der Waals surface area contributed by atoms with Gasteiger partial charge in [-0.05, 0) is 19.4 Å². The van der Waals surface area contributed by atoms with Gasteiger partial charge in [0.1, 0.15) is 0 Å². The third-order valence-electron chi connectivity index (χ3n) is 3.20. The largest absolute Gasteiger partial charge is 0.307 e. The summed E-state index contributed by atoms with van der Waals surface area (Å²) in [6.07, 6.45) is 4.89. The number of halogens is 1. The number of aromatic nitrogens is 4. The molecule has 2 aromatic heterocycles. The molecular formula is C13H22ClN5. The second kappa shape index (κ2) is 7.31. The molecule has 0 aliphatic carbocycles. The highest BCUT2D eigenvalue weighted by Crippen LogP contribution is 2.06. The first-order chi connectivity index (χ1) is 8.72. The molecule has 2 rings (SSSR count). The first kappa shape index (κ1) is 15.7. The Morgan fingerprint density at radius 1 is 1.26 bits per heavy atom. The average Bonchev–Trinajstić information content (AvgIpc) is 2.92. The number of nitrogens with one attached hydrogen (secondary N) is 1. The molecule has 5 nitrogen and oxygen atoms in total. The molecule has 0 saturated heterocycles. The van der Waals surface area contributed by atoms with Crippen molar-refractivity contribution in [3.63, 3.8) is 0 Å². The van der Waals surface area contributed by atoms with Gasteiger partial charge < -0.3 is 5.32 Å². The van der Waals surface area contributed by atoms with Crippen molar-refractivity contribution >= 4 is 12.4 Å². The van der Waals surface area contributed by atoms with E-state index in [4.69, 9.17) is 0 Å². The van der Waals surface area contributed by atoms with E-state index in [0.29, 0.717) is 0 Å². The minimum atomic E-state index is 0. The first-order valence-corrected chi connectivity index (χ1v) is 6.41. The van der Waals surface area contributed by atoms with Crippen LogP contribution in [0.15, 0.2) is 18.5 Å². The molecule has 0 aliphatic rings. The van der Waals surface area contributed by atoms with Crippen LogP contribution in [0.2, 0.25) is 0 Å². The molecule has 0 spiro atoms. The van der Waals surface area contributed by atoms with Crippen LogP contribution in [0.3, 0.4) is 0 Å². The lowest BCUT2D eigenvalue weighted by molar-refractivity contribution is 0.549. The third-order valence-corrected chi connectivity index (χ3v) is 3.20. The van der Waals surface area contributed by atoms with Crippen molar-refractivity contribution in [3.05, 3.63) is 35.4 Å². The highest BCUT2D eigenvalue weighted by Gasteiger charge is 2.04. The van der Waals surface area contributed by atoms with Crippen molar-refractivity contribution < 1.29 is 0 Å². The van der Waals surface area contributed by atoms with Gasteiger partial charge in [0.25, 0.3) is 0 Å². The van der Waals surface area contributed by atoms with E-state index in [1.165, 1.54) is 17.0 Å². The Bertz CT molecular complexity index is 503. The summed E-state index contributed by atoms with van der Waals surface area (Å²) in [5, 5.41) is 12.0. The van der Waals surface area contributed by atoms with Gasteiger partial charge in [0.05, 0.1) is 11.9 Å². The van der Waals surface area contributed by atoms with Gasteiger partial charge in [0.2, 0.25) is 0 Å². The van der Waals surface area contributed by atoms with Gasteiger partial charge in [-0.1, -0.05) is 6.92 Å². The van der Waals surface area contributed by atoms with Crippen molar-refractivity contribution in [1.82, 2.24) is 24.9 Å². The molecular weight excluding hydrogens is 262 g/mol. The fourth-order valence-electron chi connectivity index (χ4n) is 1.97. The summed E-state index contributed by atoms with van der Waals surface area (Å²) >= 11 is 0. The van der Waals surface area contributed by atoms with Crippen LogP contribution in [0, 0.1) is 6.92 Å². The monoisotopic (exact) mass is 283 g/mol. The Hall–Kier alpha value is -1.33. The molecule has 2 aromatic rings. The Kier molecular flexibility index (Phi) is 6.05. The van der Waals surface area contributed by atoms with Gasteiger partial charge in [-0.25, -0.2) is 0 Å². The topological polar surface area (TPSA) is 47.7 Å². The molecule has 0 atom stereocenters. The Morgan fingerprint density at radius 3 is 2.68 bits per heavy atom. The second-order valence-electron chi connectivity index (χ2n) is 4.53. The fourth-order valence-corrected chi connectivity index (χ4v) is 1.97. The maximum absolute atomic E-state index is 4.31. The Balaban J connectivity index is 0.00000180. The lowest BCUT2D eigenvalue weighted by Crippen LogP contribution is -2.16. The van der Waals surface area contributed by atoms with Crippen molar-refractivity contribution in [2.75, 3.05) is 0 Å². The van der Waals surface area contributed by atoms with Crippen molar-refractivity contribution in [3.8, 4) is 0 Å². The van der Waals surface area contributed by atoms with Crippen LogP contribution in [0.1, 0.15) is 30.3 Å². The second-order valence-corrected chi connectivity index (χ2v) is 4.53. The van der Waals surface area contributed by atoms with E-state index < -0.39 is 0 Å². The lowest BCUT2D eigenvalue weighted by atomic mass is 10.2. The molecule has 1 N–H and O–H groups in total. The van der Waals surface area contributed by atoms with E-state index in [-0.39, 0.29) is 12.4 Å². The van der Waals surface area contributed by atoms with Crippen LogP contribution < -0.4 is 5.32 Å². The van der Waals surface area contributed by atoms with Crippen LogP contribution in [0.4, 0.5) is 0 Å². The quantitative estimate of drug-likeness (QED) is 0.883. The molecule has 0 unspecified atom stereocenters. The minimum absolute atomic E-state index is 0. The van der Waals surface area contributed by atoms with Gasteiger partial charge in [0, 0.05) is 44.1 Å². The molecule has 19 heavy (non-hydrogen) atoms. The zero-order chi connectivity index (χ0) is 13.0. The zero-order valence-electron chi connectivity index (χ0n) is 11.8. The van der Waals surface area contributed by atoms with Crippen LogP contribution in [-0.4, -0.2) is 19.6 Å². The van der Waals surface area contributed by atoms with Crippen molar-refractivity contribution in [2.45, 2.75) is 39.9 Å². The van der Waals surface area contributed by atoms with E-state index in [0.717, 1.165) is 26.1 Å². The summed E-state index contributed by atoms with van der Waals surface area (Å²) < 4.78 is 3.96. The van der Waals surface area contributed by atoms with Crippen LogP contribution in [-0.2, 0) is 26.7 Å². The Morgan fingerprint density at radius 2 is 2.05 bits per heavy atom. The summed E-state index contributed by atoms with van der Waals surface area (Å²) in [5.41, 5.74) is 3.70. The Labute approximate surface area is 120 Å². The maximum Gasteiger partial charge on any atom is 0.0537 e. The molecule has 0 saturated carbocycles. The summed E-state index contributed by atoms with van der Waals surface area (Å²) in [6.45, 7) is 6.92. The number of hydrogen-bond donors (Lipinski definition) is 1. The van der Waals surface area contributed by atoms with Gasteiger partial charge in [-0.3, -0.25) is 9.36 Å². The number of rotatable bonds is 6. The SMILES string of the molecule is CCCn1nccc1CNCc1cnn(C)c1C.Cl. The molecule has 0 fully saturated rings. The standard InChI is InChI=1S/C13H21N5.ClH/c1-4-7-18-13(5-6-15-18)10-14-8-12-9-16-17(3)11(12)2;/h5-6,9,14H,4,7-8,10H2,1-3H3;1H. The summed E-state index contributed by atoms with van der Waals surface area (Å²) in [7, 11) is 1.97. The normalized spacial score (nSPS) is 10.5. The zero-order valence-corrected chi connectivity index (χ0v) is 12.6. The van der Waals surface area contributed by atoms with Gasteiger partial charge in [0.15, 0.2) is 0 Å². The molecule has 0 aliphatic heterocycles. The number of nitrogens with zero attached hydrogens (tertiary/aromatic N) is 4. The predicted octanol–water partition coefficient (Wildman–Crippen LogP) is 2.05. The van der Waals surface area contributed by atoms with Gasteiger partial charge >= 0.3 is 0 Å². The molecule has 2 heterocycles. The summed E-state index contributed by atoms with van der Waals surface area (Å²) in [4.78, 5) is 0. The van der Waals surface area contributed by atoms with E-state index >= 15 is 0 Å². The summed E-state index contributed by atoms with van der Waals surface area (Å²) in [5.74, 6) is 0. The number of hydrogen-bond acceptors (Lipinski definition) is 3.